The highest BCUT2D eigenvalue weighted by molar-refractivity contribution is 7.88. The van der Waals surface area contributed by atoms with Gasteiger partial charge in [0.15, 0.2) is 0 Å². The Bertz CT molecular complexity index is 1530. The SMILES string of the molecule is CS(=O)(=O)N1CCN(c2ccc(N3CCN(C(=O)NC4[C@@H]5CC6C[C@H]4CC(C(=O)NCCO)(C6)C5)c4ccccc43)cc2)CC1. The first-order valence-electron chi connectivity index (χ1n) is 16.3. The van der Waals surface area contributed by atoms with Gasteiger partial charge in [-0.1, -0.05) is 12.1 Å². The molecule has 4 saturated carbocycles. The molecule has 4 bridgehead atoms. The summed E-state index contributed by atoms with van der Waals surface area (Å²) in [5, 5.41) is 15.6. The van der Waals surface area contributed by atoms with Crippen LogP contribution in [0.25, 0.3) is 0 Å². The third kappa shape index (κ3) is 5.65. The molecule has 3 amide bonds. The molecule has 45 heavy (non-hydrogen) atoms. The van der Waals surface area contributed by atoms with Gasteiger partial charge in [-0.3, -0.25) is 9.69 Å². The van der Waals surface area contributed by atoms with E-state index < -0.39 is 10.0 Å². The van der Waals surface area contributed by atoms with Crippen LogP contribution in [0.1, 0.15) is 32.1 Å². The molecule has 6 aliphatic rings. The molecule has 8 rings (SSSR count). The van der Waals surface area contributed by atoms with E-state index in [1.165, 1.54) is 10.6 Å². The fraction of sp³-hybridized carbons (Fsp3) is 0.576. The van der Waals surface area contributed by atoms with Gasteiger partial charge in [0.05, 0.1) is 29.7 Å². The Morgan fingerprint density at radius 2 is 1.51 bits per heavy atom. The van der Waals surface area contributed by atoms with Gasteiger partial charge < -0.3 is 25.5 Å². The minimum atomic E-state index is -3.17. The predicted molar refractivity (Wildman–Crippen MR) is 174 cm³/mol. The molecule has 11 nitrogen and oxygen atoms in total. The van der Waals surface area contributed by atoms with E-state index in [0.29, 0.717) is 63.6 Å². The molecule has 5 atom stereocenters. The normalized spacial score (nSPS) is 29.4. The van der Waals surface area contributed by atoms with Gasteiger partial charge in [0.2, 0.25) is 15.9 Å². The van der Waals surface area contributed by atoms with Crippen LogP contribution in [0.4, 0.5) is 27.5 Å². The Balaban J connectivity index is 1.03. The van der Waals surface area contributed by atoms with Crippen molar-refractivity contribution >= 4 is 44.7 Å². The number of para-hydroxylation sites is 2. The fourth-order valence-corrected chi connectivity index (χ4v) is 9.90. The van der Waals surface area contributed by atoms with Crippen molar-refractivity contribution in [2.24, 2.45) is 23.2 Å². The highest BCUT2D eigenvalue weighted by Gasteiger charge is 2.58. The number of aliphatic hydroxyl groups excluding tert-OH is 1. The number of hydrogen-bond donors (Lipinski definition) is 3. The van der Waals surface area contributed by atoms with E-state index >= 15 is 0 Å². The van der Waals surface area contributed by atoms with Crippen LogP contribution in [-0.4, -0.2) is 94.5 Å². The summed E-state index contributed by atoms with van der Waals surface area (Å²) in [4.78, 5) is 33.4. The van der Waals surface area contributed by atoms with Crippen molar-refractivity contribution in [1.82, 2.24) is 14.9 Å². The van der Waals surface area contributed by atoms with Crippen molar-refractivity contribution in [3.05, 3.63) is 48.5 Å². The Labute approximate surface area is 265 Å². The standard InChI is InChI=1S/C33H44N6O5S/c1-45(43,44)37-13-11-36(12-14-37)26-6-8-27(9-7-26)38-15-16-39(29-5-3-2-4-28(29)38)32(42)35-30-24-18-23-19-25(30)22-33(20-23,21-24)31(41)34-10-17-40/h2-9,23-25,30,40H,10-22H2,1H3,(H,34,41)(H,35,42)/t23?,24-,25+,30?,33?. The number of carbonyl (C=O) groups excluding carboxylic acids is 2. The van der Waals surface area contributed by atoms with Gasteiger partial charge in [-0.25, -0.2) is 13.2 Å². The lowest BCUT2D eigenvalue weighted by molar-refractivity contribution is -0.149. The van der Waals surface area contributed by atoms with Gasteiger partial charge in [0.1, 0.15) is 0 Å². The van der Waals surface area contributed by atoms with Crippen molar-refractivity contribution in [2.75, 3.05) is 73.4 Å². The molecule has 2 aromatic rings. The second-order valence-corrected chi connectivity index (χ2v) is 15.6. The number of aliphatic hydroxyl groups is 1. The van der Waals surface area contributed by atoms with E-state index in [2.05, 4.69) is 50.8 Å². The van der Waals surface area contributed by atoms with Gasteiger partial charge >= 0.3 is 6.03 Å². The van der Waals surface area contributed by atoms with Crippen LogP contribution in [-0.2, 0) is 14.8 Å². The van der Waals surface area contributed by atoms with E-state index in [1.54, 1.807) is 0 Å². The Morgan fingerprint density at radius 3 is 2.16 bits per heavy atom. The van der Waals surface area contributed by atoms with Crippen molar-refractivity contribution < 1.29 is 23.1 Å². The molecule has 2 heterocycles. The molecule has 3 N–H and O–H groups in total. The van der Waals surface area contributed by atoms with Gasteiger partial charge in [0.25, 0.3) is 0 Å². The largest absolute Gasteiger partial charge is 0.395 e. The summed E-state index contributed by atoms with van der Waals surface area (Å²) in [6.45, 7) is 3.74. The van der Waals surface area contributed by atoms with Crippen molar-refractivity contribution in [2.45, 2.75) is 38.1 Å². The van der Waals surface area contributed by atoms with Crippen LogP contribution in [0.5, 0.6) is 0 Å². The van der Waals surface area contributed by atoms with E-state index in [4.69, 9.17) is 0 Å². The molecule has 242 valence electrons. The molecule has 3 unspecified atom stereocenters. The van der Waals surface area contributed by atoms with Crippen LogP contribution >= 0.6 is 0 Å². The number of anilines is 4. The maximum Gasteiger partial charge on any atom is 0.322 e. The molecule has 5 fully saturated rings. The summed E-state index contributed by atoms with van der Waals surface area (Å²) >= 11 is 0. The Morgan fingerprint density at radius 1 is 0.867 bits per heavy atom. The number of hydrogen-bond acceptors (Lipinski definition) is 7. The average molecular weight is 637 g/mol. The number of amides is 3. The first-order valence-corrected chi connectivity index (χ1v) is 18.1. The van der Waals surface area contributed by atoms with Gasteiger partial charge in [-0.2, -0.15) is 4.31 Å². The molecule has 0 spiro atoms. The summed E-state index contributed by atoms with van der Waals surface area (Å²) in [7, 11) is -3.17. The zero-order valence-electron chi connectivity index (χ0n) is 25.9. The van der Waals surface area contributed by atoms with Crippen LogP contribution in [0.2, 0.25) is 0 Å². The van der Waals surface area contributed by atoms with E-state index in [9.17, 15) is 23.1 Å². The summed E-state index contributed by atoms with van der Waals surface area (Å²) in [6, 6.07) is 16.4. The van der Waals surface area contributed by atoms with E-state index in [0.717, 1.165) is 54.9 Å². The number of fused-ring (bicyclic) bond motifs is 1. The van der Waals surface area contributed by atoms with E-state index in [1.807, 2.05) is 23.1 Å². The maximum atomic E-state index is 13.9. The molecule has 0 aromatic heterocycles. The number of sulfonamides is 1. The molecule has 12 heteroatoms. The zero-order valence-corrected chi connectivity index (χ0v) is 26.7. The monoisotopic (exact) mass is 636 g/mol. The van der Waals surface area contributed by atoms with Crippen LogP contribution in [0, 0.1) is 23.2 Å². The molecular formula is C33H44N6O5S. The summed E-state index contributed by atoms with van der Waals surface area (Å²) in [5.74, 6) is 1.20. The number of benzene rings is 2. The molecule has 4 aliphatic carbocycles. The third-order valence-electron chi connectivity index (χ3n) is 10.9. The number of nitrogens with zero attached hydrogens (tertiary/aromatic N) is 4. The lowest BCUT2D eigenvalue weighted by atomic mass is 9.47. The smallest absolute Gasteiger partial charge is 0.322 e. The number of rotatable bonds is 7. The third-order valence-corrected chi connectivity index (χ3v) is 12.2. The number of carbonyl (C=O) groups is 2. The number of nitrogens with one attached hydrogen (secondary N) is 2. The van der Waals surface area contributed by atoms with Crippen LogP contribution < -0.4 is 25.3 Å². The minimum Gasteiger partial charge on any atom is -0.395 e. The molecule has 2 aromatic carbocycles. The second kappa shape index (κ2) is 11.8. The van der Waals surface area contributed by atoms with Gasteiger partial charge in [0, 0.05) is 63.2 Å². The predicted octanol–water partition coefficient (Wildman–Crippen LogP) is 2.74. The summed E-state index contributed by atoms with van der Waals surface area (Å²) in [5.41, 5.74) is 3.63. The summed E-state index contributed by atoms with van der Waals surface area (Å²) in [6.07, 6.45) is 5.91. The Kier molecular flexibility index (Phi) is 7.94. The van der Waals surface area contributed by atoms with Gasteiger partial charge in [-0.15, -0.1) is 0 Å². The van der Waals surface area contributed by atoms with Crippen molar-refractivity contribution in [3.63, 3.8) is 0 Å². The second-order valence-electron chi connectivity index (χ2n) is 13.7. The topological polar surface area (TPSA) is 126 Å². The number of urea groups is 1. The highest BCUT2D eigenvalue weighted by atomic mass is 32.2. The zero-order chi connectivity index (χ0) is 31.3. The maximum absolute atomic E-state index is 13.9. The van der Waals surface area contributed by atoms with Crippen molar-refractivity contribution in [3.8, 4) is 0 Å². The minimum absolute atomic E-state index is 0.0522. The highest BCUT2D eigenvalue weighted by Crippen LogP contribution is 2.60. The van der Waals surface area contributed by atoms with Crippen LogP contribution in [0.15, 0.2) is 48.5 Å². The lowest BCUT2D eigenvalue weighted by Gasteiger charge is -2.59. The molecule has 2 aliphatic heterocycles. The quantitative estimate of drug-likeness (QED) is 0.427. The van der Waals surface area contributed by atoms with Crippen LogP contribution in [0.3, 0.4) is 0 Å². The summed E-state index contributed by atoms with van der Waals surface area (Å²) < 4.78 is 25.3. The van der Waals surface area contributed by atoms with Crippen molar-refractivity contribution in [1.29, 1.82) is 0 Å². The average Bonchev–Trinajstić information content (AvgIpc) is 3.04. The molecular weight excluding hydrogens is 592 g/mol. The fourth-order valence-electron chi connectivity index (χ4n) is 9.08. The first kappa shape index (κ1) is 30.3. The van der Waals surface area contributed by atoms with E-state index in [-0.39, 0.29) is 30.0 Å². The molecule has 1 saturated heterocycles. The number of piperazine rings is 1. The van der Waals surface area contributed by atoms with Gasteiger partial charge in [-0.05, 0) is 86.3 Å². The first-order chi connectivity index (χ1) is 21.6. The Hall–Kier alpha value is -3.35. The lowest BCUT2D eigenvalue weighted by Crippen LogP contribution is -2.64. The molecule has 0 radical (unpaired) electrons.